The number of hydrogen-bond acceptors (Lipinski definition) is 14. The van der Waals surface area contributed by atoms with Crippen molar-refractivity contribution < 1.29 is 67.2 Å². The zero-order valence-corrected chi connectivity index (χ0v) is 28.2. The predicted octanol–water partition coefficient (Wildman–Crippen LogP) is 0.908. The molecule has 4 saturated heterocycles. The molecular formula is C34H44O14. The highest BCUT2D eigenvalue weighted by atomic mass is 16.7. The number of ether oxygens (including phenoxy) is 9. The Balaban J connectivity index is 1.41. The number of aliphatic hydroxyl groups is 2. The minimum atomic E-state index is -2.12. The molecule has 0 aromatic rings. The fraction of sp³-hybridized carbons (Fsp3) is 0.794. The number of carbonyl (C=O) groups is 3. The third-order valence-corrected chi connectivity index (χ3v) is 13.9. The summed E-state index contributed by atoms with van der Waals surface area (Å²) >= 11 is 0. The maximum atomic E-state index is 14.1. The van der Waals surface area contributed by atoms with E-state index in [1.54, 1.807) is 6.92 Å². The number of rotatable bonds is 5. The quantitative estimate of drug-likeness (QED) is 0.239. The first kappa shape index (κ1) is 32.6. The van der Waals surface area contributed by atoms with Crippen LogP contribution in [0.1, 0.15) is 47.5 Å². The van der Waals surface area contributed by atoms with Crippen LogP contribution in [0.4, 0.5) is 0 Å². The van der Waals surface area contributed by atoms with Crippen LogP contribution in [0.5, 0.6) is 0 Å². The Labute approximate surface area is 277 Å². The first-order valence-corrected chi connectivity index (χ1v) is 16.5. The van der Waals surface area contributed by atoms with Gasteiger partial charge < -0.3 is 52.8 Å². The van der Waals surface area contributed by atoms with Gasteiger partial charge in [0.25, 0.3) is 5.79 Å². The lowest BCUT2D eigenvalue weighted by molar-refractivity contribution is -0.318. The van der Waals surface area contributed by atoms with E-state index in [4.69, 9.17) is 42.6 Å². The van der Waals surface area contributed by atoms with Crippen molar-refractivity contribution in [3.8, 4) is 0 Å². The van der Waals surface area contributed by atoms with E-state index in [0.29, 0.717) is 0 Å². The first-order chi connectivity index (χ1) is 22.5. The molecule has 2 bridgehead atoms. The number of esters is 3. The second kappa shape index (κ2) is 9.59. The van der Waals surface area contributed by atoms with Gasteiger partial charge in [0.15, 0.2) is 5.60 Å². The molecule has 0 unspecified atom stereocenters. The van der Waals surface area contributed by atoms with Crippen molar-refractivity contribution in [2.75, 3.05) is 27.4 Å². The summed E-state index contributed by atoms with van der Waals surface area (Å²) in [5, 5.41) is 25.6. The van der Waals surface area contributed by atoms with Gasteiger partial charge in [0.2, 0.25) is 6.29 Å². The second-order valence-corrected chi connectivity index (χ2v) is 15.7. The van der Waals surface area contributed by atoms with Gasteiger partial charge in [-0.05, 0) is 26.3 Å². The van der Waals surface area contributed by atoms with Gasteiger partial charge in [0.05, 0.1) is 44.9 Å². The average Bonchev–Trinajstić information content (AvgIpc) is 3.78. The lowest BCUT2D eigenvalue weighted by Gasteiger charge is -2.66. The predicted molar refractivity (Wildman–Crippen MR) is 158 cm³/mol. The third-order valence-electron chi connectivity index (χ3n) is 13.9. The molecule has 8 rings (SSSR count). The molecule has 7 fully saturated rings. The van der Waals surface area contributed by atoms with Crippen molar-refractivity contribution in [2.24, 2.45) is 34.0 Å². The minimum Gasteiger partial charge on any atom is -0.469 e. The van der Waals surface area contributed by atoms with E-state index >= 15 is 0 Å². The molecule has 14 nitrogen and oxygen atoms in total. The van der Waals surface area contributed by atoms with Gasteiger partial charge in [0.1, 0.15) is 23.4 Å². The summed E-state index contributed by atoms with van der Waals surface area (Å²) in [6.45, 7) is 12.1. The van der Waals surface area contributed by atoms with Crippen molar-refractivity contribution in [2.45, 2.75) is 107 Å². The molecule has 0 aromatic carbocycles. The Morgan fingerprint density at radius 2 is 1.73 bits per heavy atom. The molecular weight excluding hydrogens is 632 g/mol. The van der Waals surface area contributed by atoms with Gasteiger partial charge in [0, 0.05) is 60.0 Å². The van der Waals surface area contributed by atoms with Crippen LogP contribution in [-0.2, 0) is 57.0 Å². The summed E-state index contributed by atoms with van der Waals surface area (Å²) in [7, 11) is 2.55. The fourth-order valence-electron chi connectivity index (χ4n) is 12.2. The van der Waals surface area contributed by atoms with Crippen molar-refractivity contribution in [1.82, 2.24) is 0 Å². The number of carbonyl (C=O) groups excluding carboxylic acids is 3. The van der Waals surface area contributed by atoms with Gasteiger partial charge >= 0.3 is 17.9 Å². The van der Waals surface area contributed by atoms with Gasteiger partial charge in [-0.3, -0.25) is 4.79 Å². The lowest BCUT2D eigenvalue weighted by Crippen LogP contribution is -2.78. The molecule has 14 heteroatoms. The standard InChI is InChI=1S/C34H44O14/c1-15(2)24(36)46-19-12-18(45-16(3)35)28(4)13-43-21-22(28)31(19)14-44-33(41-8,26(37)40-7)25(31)29(5)23(21)48-30(6)17-11-20(34(29,30)39)47-27-32(17,38)9-10-42-27/h9-10,17-23,25,27,38-39H,1,11-14H2,2-8H3/t17-,18+,19-,20-,21+,22-,23+,25-,27-,28+,29+,30+,31-,32-,33-,34-/m0/s1. The second-order valence-electron chi connectivity index (χ2n) is 15.7. The zero-order valence-electron chi connectivity index (χ0n) is 28.2. The summed E-state index contributed by atoms with van der Waals surface area (Å²) in [6.07, 6.45) is -2.37. The average molecular weight is 677 g/mol. The van der Waals surface area contributed by atoms with Crippen LogP contribution in [0.3, 0.4) is 0 Å². The Kier molecular flexibility index (Phi) is 6.52. The third kappa shape index (κ3) is 3.23. The van der Waals surface area contributed by atoms with Crippen LogP contribution < -0.4 is 0 Å². The van der Waals surface area contributed by atoms with E-state index in [1.807, 2.05) is 13.8 Å². The van der Waals surface area contributed by atoms with Crippen LogP contribution in [-0.4, -0.2) is 115 Å². The zero-order chi connectivity index (χ0) is 34.6. The first-order valence-electron chi connectivity index (χ1n) is 16.5. The van der Waals surface area contributed by atoms with Crippen LogP contribution in [0.25, 0.3) is 0 Å². The van der Waals surface area contributed by atoms with Crippen LogP contribution >= 0.6 is 0 Å². The van der Waals surface area contributed by atoms with E-state index in [9.17, 15) is 24.6 Å². The van der Waals surface area contributed by atoms with E-state index in [-0.39, 0.29) is 31.6 Å². The maximum Gasteiger partial charge on any atom is 0.366 e. The molecule has 1 spiro atoms. The van der Waals surface area contributed by atoms with Crippen LogP contribution in [0, 0.1) is 34.0 Å². The van der Waals surface area contributed by atoms with E-state index in [1.165, 1.54) is 40.4 Å². The molecule has 5 aliphatic heterocycles. The van der Waals surface area contributed by atoms with Gasteiger partial charge in [-0.1, -0.05) is 20.4 Å². The Morgan fingerprint density at radius 1 is 1.00 bits per heavy atom. The van der Waals surface area contributed by atoms with Gasteiger partial charge in [-0.15, -0.1) is 0 Å². The summed E-state index contributed by atoms with van der Waals surface area (Å²) in [5.41, 5.74) is -8.56. The minimum absolute atomic E-state index is 0.0445. The fourth-order valence-corrected chi connectivity index (χ4v) is 12.2. The largest absolute Gasteiger partial charge is 0.469 e. The Morgan fingerprint density at radius 3 is 2.38 bits per heavy atom. The van der Waals surface area contributed by atoms with Crippen molar-refractivity contribution in [3.05, 3.63) is 24.5 Å². The summed E-state index contributed by atoms with van der Waals surface area (Å²) in [5.74, 6) is -6.61. The molecule has 0 amide bonds. The van der Waals surface area contributed by atoms with Gasteiger partial charge in [-0.25, -0.2) is 9.59 Å². The highest BCUT2D eigenvalue weighted by Crippen LogP contribution is 2.81. The SMILES string of the molecule is C=C(C)C(=O)O[C@H]1C[C@@H](OC(C)=O)[C@@]2(C)CO[C@H]3[C@H]4O[C@]5(C)[C@@H]6C[C@H](O[C@@H]7OC=C[C@@]76O)[C@]5(O)[C@@]4(C)[C@@H]4[C@@](OC)(C(=O)OC)OC[C@@]14[C@@H]32. The highest BCUT2D eigenvalue weighted by molar-refractivity contribution is 5.87. The van der Waals surface area contributed by atoms with E-state index in [0.717, 1.165) is 0 Å². The molecule has 0 radical (unpaired) electrons. The molecule has 5 heterocycles. The van der Waals surface area contributed by atoms with Crippen LogP contribution in [0.2, 0.25) is 0 Å². The Hall–Kier alpha value is -2.59. The molecule has 16 atom stereocenters. The van der Waals surface area contributed by atoms with E-state index in [2.05, 4.69) is 6.58 Å². The summed E-state index contributed by atoms with van der Waals surface area (Å²) in [6, 6.07) is 0. The van der Waals surface area contributed by atoms with Crippen molar-refractivity contribution >= 4 is 17.9 Å². The Bertz CT molecular complexity index is 1530. The number of fused-ring (bicyclic) bond motifs is 11. The van der Waals surface area contributed by atoms with Crippen molar-refractivity contribution in [3.63, 3.8) is 0 Å². The molecule has 0 aromatic heterocycles. The summed E-state index contributed by atoms with van der Waals surface area (Å²) in [4.78, 5) is 40.1. The smallest absolute Gasteiger partial charge is 0.366 e. The van der Waals surface area contributed by atoms with Crippen molar-refractivity contribution in [1.29, 1.82) is 0 Å². The normalized spacial score (nSPS) is 56.2. The molecule has 264 valence electrons. The molecule has 3 saturated carbocycles. The number of hydrogen-bond donors (Lipinski definition) is 2. The summed E-state index contributed by atoms with van der Waals surface area (Å²) < 4.78 is 56.2. The monoisotopic (exact) mass is 676 g/mol. The van der Waals surface area contributed by atoms with E-state index < -0.39 is 111 Å². The highest BCUT2D eigenvalue weighted by Gasteiger charge is 2.94. The topological polar surface area (TPSA) is 175 Å². The van der Waals surface area contributed by atoms with Gasteiger partial charge in [-0.2, -0.15) is 0 Å². The molecule has 48 heavy (non-hydrogen) atoms. The molecule has 3 aliphatic carbocycles. The number of methoxy groups -OCH3 is 2. The molecule has 2 N–H and O–H groups in total. The maximum absolute atomic E-state index is 14.1. The molecule has 8 aliphatic rings. The van der Waals surface area contributed by atoms with Crippen LogP contribution in [0.15, 0.2) is 24.5 Å². The lowest BCUT2D eigenvalue weighted by atomic mass is 9.37.